The summed E-state index contributed by atoms with van der Waals surface area (Å²) >= 11 is 0. The van der Waals surface area contributed by atoms with Gasteiger partial charge in [0.1, 0.15) is 17.4 Å². The van der Waals surface area contributed by atoms with Gasteiger partial charge in [0.2, 0.25) is 0 Å². The molecule has 0 amide bonds. The second kappa shape index (κ2) is 7.47. The first kappa shape index (κ1) is 18.7. The molecule has 1 atom stereocenters. The van der Waals surface area contributed by atoms with E-state index in [0.717, 1.165) is 12.1 Å². The highest BCUT2D eigenvalue weighted by Crippen LogP contribution is 2.24. The van der Waals surface area contributed by atoms with Crippen molar-refractivity contribution < 1.29 is 14.3 Å². The lowest BCUT2D eigenvalue weighted by Gasteiger charge is -2.41. The molecule has 1 saturated heterocycles. The lowest BCUT2D eigenvalue weighted by molar-refractivity contribution is -0.178. The molecule has 1 aliphatic rings. The van der Waals surface area contributed by atoms with Crippen LogP contribution in [0.25, 0.3) is 0 Å². The maximum absolute atomic E-state index is 12.4. The Morgan fingerprint density at radius 1 is 1.29 bits per heavy atom. The number of benzene rings is 1. The highest BCUT2D eigenvalue weighted by atomic mass is 16.6. The molecule has 0 aliphatic carbocycles. The number of ketones is 1. The topological polar surface area (TPSA) is 46.6 Å². The minimum atomic E-state index is -0.487. The number of cyclic esters (lactones) is 1. The average molecular weight is 331 g/mol. The van der Waals surface area contributed by atoms with Crippen molar-refractivity contribution in [3.8, 4) is 0 Å². The van der Waals surface area contributed by atoms with E-state index in [1.807, 2.05) is 37.8 Å². The Balaban J connectivity index is 1.99. The molecule has 1 aliphatic heterocycles. The SMILES string of the molecule is CCN1CC(C)(C)OC(=O)C1CC(=O)Cc1ccc(C(C)C)cc1. The van der Waals surface area contributed by atoms with Crippen molar-refractivity contribution in [2.45, 2.75) is 65.0 Å². The molecule has 0 radical (unpaired) electrons. The van der Waals surface area contributed by atoms with E-state index in [0.29, 0.717) is 18.9 Å². The van der Waals surface area contributed by atoms with Crippen molar-refractivity contribution in [3.63, 3.8) is 0 Å². The van der Waals surface area contributed by atoms with Crippen molar-refractivity contribution in [1.29, 1.82) is 0 Å². The van der Waals surface area contributed by atoms with Crippen molar-refractivity contribution in [1.82, 2.24) is 4.90 Å². The van der Waals surface area contributed by atoms with Gasteiger partial charge >= 0.3 is 5.97 Å². The van der Waals surface area contributed by atoms with E-state index in [4.69, 9.17) is 4.74 Å². The van der Waals surface area contributed by atoms with Crippen LogP contribution in [0.2, 0.25) is 0 Å². The van der Waals surface area contributed by atoms with Crippen LogP contribution in [-0.4, -0.2) is 41.4 Å². The summed E-state index contributed by atoms with van der Waals surface area (Å²) in [6, 6.07) is 7.71. The van der Waals surface area contributed by atoms with E-state index in [1.165, 1.54) is 5.56 Å². The summed E-state index contributed by atoms with van der Waals surface area (Å²) < 4.78 is 5.48. The lowest BCUT2D eigenvalue weighted by atomic mass is 9.96. The largest absolute Gasteiger partial charge is 0.457 e. The third-order valence-corrected chi connectivity index (χ3v) is 4.55. The number of rotatable bonds is 6. The number of likely N-dealkylation sites (N-methyl/N-ethyl adjacent to an activating group) is 1. The normalized spacial score (nSPS) is 20.9. The monoisotopic (exact) mass is 331 g/mol. The first-order valence-electron chi connectivity index (χ1n) is 8.79. The number of Topliss-reactive ketones (excluding diaryl/α,β-unsaturated/α-hetero) is 1. The van der Waals surface area contributed by atoms with Crippen molar-refractivity contribution >= 4 is 11.8 Å². The summed E-state index contributed by atoms with van der Waals surface area (Å²) in [5.74, 6) is 0.275. The van der Waals surface area contributed by atoms with Gasteiger partial charge in [0.15, 0.2) is 0 Å². The Hall–Kier alpha value is -1.68. The minimum Gasteiger partial charge on any atom is -0.457 e. The highest BCUT2D eigenvalue weighted by molar-refractivity contribution is 5.88. The van der Waals surface area contributed by atoms with Gasteiger partial charge in [-0.2, -0.15) is 0 Å². The molecule has 2 rings (SSSR count). The zero-order valence-electron chi connectivity index (χ0n) is 15.5. The van der Waals surface area contributed by atoms with Gasteiger partial charge in [-0.05, 0) is 37.4 Å². The summed E-state index contributed by atoms with van der Waals surface area (Å²) in [6.45, 7) is 11.5. The van der Waals surface area contributed by atoms with E-state index >= 15 is 0 Å². The van der Waals surface area contributed by atoms with Crippen LogP contribution < -0.4 is 0 Å². The zero-order chi connectivity index (χ0) is 17.9. The number of esters is 1. The second-order valence-electron chi connectivity index (χ2n) is 7.58. The number of morpholine rings is 1. The zero-order valence-corrected chi connectivity index (χ0v) is 15.5. The molecule has 0 aromatic heterocycles. The molecule has 1 fully saturated rings. The molecule has 0 N–H and O–H groups in total. The smallest absolute Gasteiger partial charge is 0.324 e. The molecule has 1 aromatic carbocycles. The summed E-state index contributed by atoms with van der Waals surface area (Å²) in [5.41, 5.74) is 1.78. The Morgan fingerprint density at radius 2 is 1.92 bits per heavy atom. The van der Waals surface area contributed by atoms with Crippen LogP contribution in [-0.2, 0) is 20.7 Å². The third-order valence-electron chi connectivity index (χ3n) is 4.55. The molecule has 1 aromatic rings. The number of carbonyl (C=O) groups is 2. The van der Waals surface area contributed by atoms with E-state index < -0.39 is 11.6 Å². The van der Waals surface area contributed by atoms with Gasteiger partial charge in [-0.3, -0.25) is 14.5 Å². The maximum atomic E-state index is 12.4. The Kier molecular flexibility index (Phi) is 5.81. The Morgan fingerprint density at radius 3 is 2.46 bits per heavy atom. The molecule has 0 saturated carbocycles. The molecule has 1 unspecified atom stereocenters. The first-order valence-corrected chi connectivity index (χ1v) is 8.79. The summed E-state index contributed by atoms with van der Waals surface area (Å²) in [7, 11) is 0. The predicted octanol–water partition coefficient (Wildman–Crippen LogP) is 3.34. The van der Waals surface area contributed by atoms with E-state index in [1.54, 1.807) is 0 Å². The minimum absolute atomic E-state index is 0.0763. The van der Waals surface area contributed by atoms with Crippen molar-refractivity contribution in [2.24, 2.45) is 0 Å². The Bertz CT molecular complexity index is 589. The second-order valence-corrected chi connectivity index (χ2v) is 7.58. The number of nitrogens with zero attached hydrogens (tertiary/aromatic N) is 1. The van der Waals surface area contributed by atoms with Crippen LogP contribution in [0.15, 0.2) is 24.3 Å². The molecule has 132 valence electrons. The molecule has 24 heavy (non-hydrogen) atoms. The summed E-state index contributed by atoms with van der Waals surface area (Å²) in [6.07, 6.45) is 0.581. The van der Waals surface area contributed by atoms with Crippen molar-refractivity contribution in [3.05, 3.63) is 35.4 Å². The highest BCUT2D eigenvalue weighted by Gasteiger charge is 2.40. The lowest BCUT2D eigenvalue weighted by Crippen LogP contribution is -2.57. The van der Waals surface area contributed by atoms with Crippen LogP contribution in [0.3, 0.4) is 0 Å². The van der Waals surface area contributed by atoms with Gasteiger partial charge < -0.3 is 4.74 Å². The number of carbonyl (C=O) groups excluding carboxylic acids is 2. The van der Waals surface area contributed by atoms with Crippen LogP contribution in [0.4, 0.5) is 0 Å². The predicted molar refractivity (Wildman–Crippen MR) is 95.1 cm³/mol. The fourth-order valence-electron chi connectivity index (χ4n) is 3.20. The molecule has 1 heterocycles. The fraction of sp³-hybridized carbons (Fsp3) is 0.600. The van der Waals surface area contributed by atoms with Gasteiger partial charge in [0.25, 0.3) is 0 Å². The fourth-order valence-corrected chi connectivity index (χ4v) is 3.20. The van der Waals surface area contributed by atoms with E-state index in [2.05, 4.69) is 26.0 Å². The Labute approximate surface area is 145 Å². The van der Waals surface area contributed by atoms with Crippen molar-refractivity contribution in [2.75, 3.05) is 13.1 Å². The average Bonchev–Trinajstić information content (AvgIpc) is 2.49. The van der Waals surface area contributed by atoms with Gasteiger partial charge in [0, 0.05) is 19.4 Å². The molecule has 0 bridgehead atoms. The van der Waals surface area contributed by atoms with Gasteiger partial charge in [-0.1, -0.05) is 45.0 Å². The van der Waals surface area contributed by atoms with Gasteiger partial charge in [-0.15, -0.1) is 0 Å². The molecule has 4 heteroatoms. The van der Waals surface area contributed by atoms with E-state index in [9.17, 15) is 9.59 Å². The standard InChI is InChI=1S/C20H29NO3/c1-6-21-13-20(4,5)24-19(23)18(21)12-17(22)11-15-7-9-16(10-8-15)14(2)3/h7-10,14,18H,6,11-13H2,1-5H3. The van der Waals surface area contributed by atoms with Crippen LogP contribution >= 0.6 is 0 Å². The molecule has 4 nitrogen and oxygen atoms in total. The molecule has 0 spiro atoms. The first-order chi connectivity index (χ1) is 11.2. The maximum Gasteiger partial charge on any atom is 0.324 e. The number of hydrogen-bond acceptors (Lipinski definition) is 4. The summed E-state index contributed by atoms with van der Waals surface area (Å²) in [4.78, 5) is 26.8. The molecular weight excluding hydrogens is 302 g/mol. The number of hydrogen-bond donors (Lipinski definition) is 0. The van der Waals surface area contributed by atoms with Gasteiger partial charge in [-0.25, -0.2) is 0 Å². The van der Waals surface area contributed by atoms with Gasteiger partial charge in [0.05, 0.1) is 0 Å². The van der Waals surface area contributed by atoms with E-state index in [-0.39, 0.29) is 18.2 Å². The van der Waals surface area contributed by atoms with Crippen LogP contribution in [0.5, 0.6) is 0 Å². The van der Waals surface area contributed by atoms with Crippen LogP contribution in [0.1, 0.15) is 58.1 Å². The quantitative estimate of drug-likeness (QED) is 0.750. The molecular formula is C20H29NO3. The summed E-state index contributed by atoms with van der Waals surface area (Å²) in [5, 5.41) is 0. The third kappa shape index (κ3) is 4.67. The van der Waals surface area contributed by atoms with Crippen LogP contribution in [0, 0.1) is 0 Å². The number of ether oxygens (including phenoxy) is 1.